The number of nitrogens with one attached hydrogen (secondary N) is 1. The summed E-state index contributed by atoms with van der Waals surface area (Å²) in [4.78, 5) is 9.16. The lowest BCUT2D eigenvalue weighted by Gasteiger charge is -2.52. The van der Waals surface area contributed by atoms with Crippen LogP contribution in [0.4, 0.5) is 0 Å². The van der Waals surface area contributed by atoms with E-state index < -0.39 is 0 Å². The molecule has 0 saturated carbocycles. The van der Waals surface area contributed by atoms with E-state index in [4.69, 9.17) is 4.74 Å². The first kappa shape index (κ1) is 22.2. The predicted octanol–water partition coefficient (Wildman–Crippen LogP) is 5.73. The monoisotopic (exact) mass is 457 g/mol. The zero-order chi connectivity index (χ0) is 22.9. The van der Waals surface area contributed by atoms with Crippen molar-refractivity contribution in [1.82, 2.24) is 14.8 Å². The lowest BCUT2D eigenvalue weighted by molar-refractivity contribution is -0.0205. The molecule has 4 aliphatic rings. The van der Waals surface area contributed by atoms with Crippen molar-refractivity contribution in [3.63, 3.8) is 0 Å². The Balaban J connectivity index is 1.07. The number of aromatic nitrogens is 1. The van der Waals surface area contributed by atoms with Crippen LogP contribution in [0.25, 0.3) is 10.9 Å². The summed E-state index contributed by atoms with van der Waals surface area (Å²) in [5, 5.41) is 1.20. The zero-order valence-corrected chi connectivity index (χ0v) is 20.6. The van der Waals surface area contributed by atoms with E-state index in [9.17, 15) is 0 Å². The summed E-state index contributed by atoms with van der Waals surface area (Å²) in [5.74, 6) is 1.01. The molecule has 2 aromatic carbocycles. The van der Waals surface area contributed by atoms with Gasteiger partial charge in [-0.2, -0.15) is 0 Å². The van der Waals surface area contributed by atoms with E-state index in [0.717, 1.165) is 37.4 Å². The van der Waals surface area contributed by atoms with Crippen LogP contribution < -0.4 is 4.74 Å². The normalized spacial score (nSPS) is 25.7. The molecule has 0 radical (unpaired) electrons. The van der Waals surface area contributed by atoms with Gasteiger partial charge < -0.3 is 9.72 Å². The maximum Gasteiger partial charge on any atom is 0.128 e. The molecule has 7 rings (SSSR count). The summed E-state index contributed by atoms with van der Waals surface area (Å²) in [5.41, 5.74) is 5.54. The average molecular weight is 458 g/mol. The number of aromatic amines is 1. The second kappa shape index (κ2) is 9.75. The van der Waals surface area contributed by atoms with Gasteiger partial charge in [-0.05, 0) is 74.8 Å². The van der Waals surface area contributed by atoms with Crippen molar-refractivity contribution in [2.24, 2.45) is 0 Å². The first-order chi connectivity index (χ1) is 16.7. The highest BCUT2D eigenvalue weighted by atomic mass is 16.5. The molecule has 2 bridgehead atoms. The standard InChI is InChI=1S/C30H39N3O/c1-22-18-28-29(31-22)12-6-13-30(28)34-17-7-16-32-20-27-11-5-4-10-26(32)21-33(27)25-15-14-23-8-2-3-9-24(23)19-25/h2-3,6,8-9,12-13,18,25-27,31H,4-5,7,10-11,14-17,19-21H2,1H3/t25?,26-,27-/m0/s1. The molecule has 1 aromatic heterocycles. The Bertz CT molecular complexity index is 1120. The number of fused-ring (bicyclic) bond motifs is 7. The first-order valence-electron chi connectivity index (χ1n) is 13.5. The summed E-state index contributed by atoms with van der Waals surface area (Å²) in [6.45, 7) is 6.57. The third kappa shape index (κ3) is 4.50. The fourth-order valence-electron chi connectivity index (χ4n) is 6.85. The molecule has 1 aliphatic carbocycles. The predicted molar refractivity (Wildman–Crippen MR) is 140 cm³/mol. The van der Waals surface area contributed by atoms with E-state index in [-0.39, 0.29) is 0 Å². The molecule has 180 valence electrons. The minimum atomic E-state index is 0.712. The Morgan fingerprint density at radius 3 is 2.68 bits per heavy atom. The SMILES string of the molecule is Cc1cc2c(OCCCN3C[C@@H]4CCCC[C@H]3CN4C3CCc4ccccc4C3)cccc2[nH]1. The molecule has 3 fully saturated rings. The minimum Gasteiger partial charge on any atom is -0.493 e. The molecule has 3 atom stereocenters. The third-order valence-electron chi connectivity index (χ3n) is 8.57. The molecule has 3 aliphatic heterocycles. The summed E-state index contributed by atoms with van der Waals surface area (Å²) >= 11 is 0. The van der Waals surface area contributed by atoms with Crippen molar-refractivity contribution in [2.45, 2.75) is 76.4 Å². The van der Waals surface area contributed by atoms with Gasteiger partial charge in [0.2, 0.25) is 0 Å². The Morgan fingerprint density at radius 2 is 1.76 bits per heavy atom. The molecule has 3 saturated heterocycles. The number of aryl methyl sites for hydroxylation is 2. The van der Waals surface area contributed by atoms with Crippen LogP contribution in [0.5, 0.6) is 5.75 Å². The van der Waals surface area contributed by atoms with E-state index in [1.54, 1.807) is 11.1 Å². The summed E-state index contributed by atoms with van der Waals surface area (Å²) in [6.07, 6.45) is 10.4. The van der Waals surface area contributed by atoms with Crippen molar-refractivity contribution in [1.29, 1.82) is 0 Å². The molecule has 4 heterocycles. The van der Waals surface area contributed by atoms with Crippen molar-refractivity contribution in [3.05, 3.63) is 65.4 Å². The highest BCUT2D eigenvalue weighted by Crippen LogP contribution is 2.33. The van der Waals surface area contributed by atoms with Crippen LogP contribution in [0, 0.1) is 6.92 Å². The number of hydrogen-bond donors (Lipinski definition) is 1. The van der Waals surface area contributed by atoms with Gasteiger partial charge in [-0.3, -0.25) is 9.80 Å². The molecular formula is C30H39N3O. The zero-order valence-electron chi connectivity index (χ0n) is 20.6. The number of ether oxygens (including phenoxy) is 1. The van der Waals surface area contributed by atoms with E-state index >= 15 is 0 Å². The largest absolute Gasteiger partial charge is 0.493 e. The number of rotatable bonds is 6. The van der Waals surface area contributed by atoms with Gasteiger partial charge in [0.1, 0.15) is 5.75 Å². The second-order valence-electron chi connectivity index (χ2n) is 10.8. The second-order valence-corrected chi connectivity index (χ2v) is 10.8. The van der Waals surface area contributed by atoms with Crippen LogP contribution in [0.1, 0.15) is 55.3 Å². The first-order valence-corrected chi connectivity index (χ1v) is 13.5. The van der Waals surface area contributed by atoms with Gasteiger partial charge in [0, 0.05) is 54.4 Å². The van der Waals surface area contributed by atoms with E-state index in [2.05, 4.69) is 70.2 Å². The molecule has 34 heavy (non-hydrogen) atoms. The number of hydrogen-bond acceptors (Lipinski definition) is 3. The van der Waals surface area contributed by atoms with Crippen molar-refractivity contribution >= 4 is 10.9 Å². The lowest BCUT2D eigenvalue weighted by atomic mass is 9.84. The van der Waals surface area contributed by atoms with Crippen molar-refractivity contribution < 1.29 is 4.74 Å². The highest BCUT2D eigenvalue weighted by Gasteiger charge is 2.38. The van der Waals surface area contributed by atoms with Gasteiger partial charge in [0.05, 0.1) is 6.61 Å². The van der Waals surface area contributed by atoms with Gasteiger partial charge in [-0.1, -0.05) is 43.2 Å². The van der Waals surface area contributed by atoms with Crippen LogP contribution in [-0.4, -0.2) is 59.2 Å². The Kier molecular flexibility index (Phi) is 6.36. The average Bonchev–Trinajstić information content (AvgIpc) is 3.23. The molecule has 4 nitrogen and oxygen atoms in total. The van der Waals surface area contributed by atoms with E-state index in [1.165, 1.54) is 74.6 Å². The minimum absolute atomic E-state index is 0.712. The van der Waals surface area contributed by atoms with E-state index in [1.807, 2.05) is 0 Å². The number of benzene rings is 2. The number of H-pyrrole nitrogens is 1. The molecule has 1 unspecified atom stereocenters. The van der Waals surface area contributed by atoms with Gasteiger partial charge in [-0.15, -0.1) is 0 Å². The van der Waals surface area contributed by atoms with Crippen molar-refractivity contribution in [3.8, 4) is 5.75 Å². The summed E-state index contributed by atoms with van der Waals surface area (Å²) in [6, 6.07) is 19.8. The van der Waals surface area contributed by atoms with Gasteiger partial charge in [-0.25, -0.2) is 0 Å². The van der Waals surface area contributed by atoms with Crippen LogP contribution in [-0.2, 0) is 12.8 Å². The Hall–Kier alpha value is -2.30. The number of nitrogens with zero attached hydrogens (tertiary/aromatic N) is 2. The molecular weight excluding hydrogens is 418 g/mol. The van der Waals surface area contributed by atoms with Gasteiger partial charge >= 0.3 is 0 Å². The molecule has 1 N–H and O–H groups in total. The maximum atomic E-state index is 6.25. The van der Waals surface area contributed by atoms with Crippen molar-refractivity contribution in [2.75, 3.05) is 26.2 Å². The molecule has 4 heteroatoms. The van der Waals surface area contributed by atoms with Crippen LogP contribution in [0.3, 0.4) is 0 Å². The topological polar surface area (TPSA) is 31.5 Å². The Labute approximate surface area is 204 Å². The van der Waals surface area contributed by atoms with Crippen LogP contribution in [0.15, 0.2) is 48.5 Å². The van der Waals surface area contributed by atoms with Crippen LogP contribution in [0.2, 0.25) is 0 Å². The fourth-order valence-corrected chi connectivity index (χ4v) is 6.85. The number of piperazine rings is 1. The highest BCUT2D eigenvalue weighted by molar-refractivity contribution is 5.86. The lowest BCUT2D eigenvalue weighted by Crippen LogP contribution is -2.62. The third-order valence-corrected chi connectivity index (χ3v) is 8.57. The van der Waals surface area contributed by atoms with Crippen LogP contribution >= 0.6 is 0 Å². The van der Waals surface area contributed by atoms with E-state index in [0.29, 0.717) is 6.04 Å². The summed E-state index contributed by atoms with van der Waals surface area (Å²) < 4.78 is 6.25. The molecule has 3 aromatic rings. The fraction of sp³-hybridized carbons (Fsp3) is 0.533. The Morgan fingerprint density at radius 1 is 0.912 bits per heavy atom. The molecule has 0 amide bonds. The quantitative estimate of drug-likeness (QED) is 0.480. The van der Waals surface area contributed by atoms with Gasteiger partial charge in [0.25, 0.3) is 0 Å². The van der Waals surface area contributed by atoms with Gasteiger partial charge in [0.15, 0.2) is 0 Å². The maximum absolute atomic E-state index is 6.25. The molecule has 0 spiro atoms. The summed E-state index contributed by atoms with van der Waals surface area (Å²) in [7, 11) is 0. The smallest absolute Gasteiger partial charge is 0.128 e.